The van der Waals surface area contributed by atoms with Gasteiger partial charge in [0.05, 0.1) is 0 Å². The molecule has 0 aliphatic heterocycles. The molecule has 2 aromatic carbocycles. The highest BCUT2D eigenvalue weighted by molar-refractivity contribution is 6.10. The molecule has 1 saturated carbocycles. The van der Waals surface area contributed by atoms with Crippen LogP contribution in [0.25, 0.3) is 0 Å². The van der Waals surface area contributed by atoms with Gasteiger partial charge in [-0.25, -0.2) is 0 Å². The van der Waals surface area contributed by atoms with Gasteiger partial charge in [-0.2, -0.15) is 0 Å². The monoisotopic (exact) mass is 406 g/mol. The standard InChI is InChI=1S/C24H30N4O2/c1-17(18-9-4-2-5-10-18)27-22(29)16-28(21-13-6-3-7-14-21)24(30)20-12-8-11-19(15-20)23(25)26/h3,6-8,11-15,17-18H,2,4-5,9-10,16H2,1H3,(H3,25,26)(H,27,29). The van der Waals surface area contributed by atoms with Crippen LogP contribution in [0.15, 0.2) is 54.6 Å². The van der Waals surface area contributed by atoms with Crippen molar-refractivity contribution in [2.24, 2.45) is 11.7 Å². The average Bonchev–Trinajstić information content (AvgIpc) is 2.78. The lowest BCUT2D eigenvalue weighted by atomic mass is 9.84. The number of hydrogen-bond donors (Lipinski definition) is 3. The molecule has 1 aliphatic carbocycles. The van der Waals surface area contributed by atoms with Gasteiger partial charge in [0.15, 0.2) is 0 Å². The average molecular weight is 407 g/mol. The van der Waals surface area contributed by atoms with E-state index in [0.717, 1.165) is 12.8 Å². The summed E-state index contributed by atoms with van der Waals surface area (Å²) in [6.07, 6.45) is 5.98. The van der Waals surface area contributed by atoms with Crippen LogP contribution >= 0.6 is 0 Å². The van der Waals surface area contributed by atoms with E-state index in [0.29, 0.717) is 22.7 Å². The number of nitrogens with two attached hydrogens (primary N) is 1. The molecule has 4 N–H and O–H groups in total. The summed E-state index contributed by atoms with van der Waals surface area (Å²) in [5.74, 6) is -0.0800. The Morgan fingerprint density at radius 1 is 1.07 bits per heavy atom. The highest BCUT2D eigenvalue weighted by Crippen LogP contribution is 2.26. The number of nitrogens with zero attached hydrogens (tertiary/aromatic N) is 1. The summed E-state index contributed by atoms with van der Waals surface area (Å²) in [5.41, 5.74) is 7.08. The summed E-state index contributed by atoms with van der Waals surface area (Å²) in [7, 11) is 0. The maximum atomic E-state index is 13.3. The molecular formula is C24H30N4O2. The van der Waals surface area contributed by atoms with Crippen LogP contribution < -0.4 is 16.0 Å². The quantitative estimate of drug-likeness (QED) is 0.483. The first kappa shape index (κ1) is 21.6. The zero-order valence-electron chi connectivity index (χ0n) is 17.4. The van der Waals surface area contributed by atoms with Gasteiger partial charge in [-0.3, -0.25) is 19.9 Å². The van der Waals surface area contributed by atoms with Crippen molar-refractivity contribution in [2.45, 2.75) is 45.1 Å². The molecule has 0 heterocycles. The Kier molecular flexibility index (Phi) is 7.22. The van der Waals surface area contributed by atoms with E-state index in [9.17, 15) is 9.59 Å². The fourth-order valence-electron chi connectivity index (χ4n) is 4.06. The SMILES string of the molecule is CC(NC(=O)CN(C(=O)c1cccc(C(=N)N)c1)c1ccccc1)C1CCCCC1. The second kappa shape index (κ2) is 10.1. The molecule has 1 atom stereocenters. The summed E-state index contributed by atoms with van der Waals surface area (Å²) < 4.78 is 0. The van der Waals surface area contributed by atoms with Crippen LogP contribution in [-0.2, 0) is 4.79 Å². The predicted molar refractivity (Wildman–Crippen MR) is 120 cm³/mol. The number of para-hydroxylation sites is 1. The van der Waals surface area contributed by atoms with Gasteiger partial charge in [0, 0.05) is 22.9 Å². The van der Waals surface area contributed by atoms with Crippen molar-refractivity contribution >= 4 is 23.3 Å². The highest BCUT2D eigenvalue weighted by atomic mass is 16.2. The van der Waals surface area contributed by atoms with E-state index in [1.54, 1.807) is 24.3 Å². The van der Waals surface area contributed by atoms with Crippen molar-refractivity contribution in [2.75, 3.05) is 11.4 Å². The van der Waals surface area contributed by atoms with E-state index >= 15 is 0 Å². The largest absolute Gasteiger partial charge is 0.384 e. The van der Waals surface area contributed by atoms with Crippen molar-refractivity contribution < 1.29 is 9.59 Å². The molecule has 1 aliphatic rings. The molecule has 1 fully saturated rings. The van der Waals surface area contributed by atoms with Crippen molar-refractivity contribution in [3.63, 3.8) is 0 Å². The Bertz CT molecular complexity index is 891. The minimum Gasteiger partial charge on any atom is -0.384 e. The third kappa shape index (κ3) is 5.47. The number of anilines is 1. The number of carbonyl (C=O) groups excluding carboxylic acids is 2. The van der Waals surface area contributed by atoms with Gasteiger partial charge in [0.1, 0.15) is 12.4 Å². The molecule has 30 heavy (non-hydrogen) atoms. The van der Waals surface area contributed by atoms with Crippen molar-refractivity contribution in [1.29, 1.82) is 5.41 Å². The van der Waals surface area contributed by atoms with Crippen LogP contribution in [0, 0.1) is 11.3 Å². The Balaban J connectivity index is 1.77. The minimum atomic E-state index is -0.301. The van der Waals surface area contributed by atoms with Gasteiger partial charge >= 0.3 is 0 Å². The third-order valence-corrected chi connectivity index (χ3v) is 5.78. The van der Waals surface area contributed by atoms with Gasteiger partial charge < -0.3 is 11.1 Å². The lowest BCUT2D eigenvalue weighted by Gasteiger charge is -2.29. The summed E-state index contributed by atoms with van der Waals surface area (Å²) >= 11 is 0. The summed E-state index contributed by atoms with van der Waals surface area (Å²) in [6, 6.07) is 15.9. The molecule has 2 amide bonds. The highest BCUT2D eigenvalue weighted by Gasteiger charge is 2.25. The van der Waals surface area contributed by atoms with Crippen molar-refractivity contribution in [1.82, 2.24) is 5.32 Å². The molecule has 0 bridgehead atoms. The van der Waals surface area contributed by atoms with Crippen LogP contribution in [0.3, 0.4) is 0 Å². The number of amides is 2. The van der Waals surface area contributed by atoms with E-state index < -0.39 is 0 Å². The molecule has 0 saturated heterocycles. The summed E-state index contributed by atoms with van der Waals surface area (Å²) in [5, 5.41) is 10.7. The number of amidine groups is 1. The maximum absolute atomic E-state index is 13.3. The molecule has 158 valence electrons. The maximum Gasteiger partial charge on any atom is 0.258 e. The van der Waals surface area contributed by atoms with Crippen molar-refractivity contribution in [3.05, 3.63) is 65.7 Å². The van der Waals surface area contributed by atoms with Gasteiger partial charge in [-0.05, 0) is 49.9 Å². The number of rotatable bonds is 7. The lowest BCUT2D eigenvalue weighted by molar-refractivity contribution is -0.120. The molecule has 1 unspecified atom stereocenters. The smallest absolute Gasteiger partial charge is 0.258 e. The minimum absolute atomic E-state index is 0.0653. The predicted octanol–water partition coefficient (Wildman–Crippen LogP) is 3.70. The van der Waals surface area contributed by atoms with Crippen LogP contribution in [0.4, 0.5) is 5.69 Å². The second-order valence-electron chi connectivity index (χ2n) is 7.98. The zero-order valence-corrected chi connectivity index (χ0v) is 17.4. The number of nitrogens with one attached hydrogen (secondary N) is 2. The lowest BCUT2D eigenvalue weighted by Crippen LogP contribution is -2.46. The topological polar surface area (TPSA) is 99.3 Å². The number of benzene rings is 2. The van der Waals surface area contributed by atoms with Crippen molar-refractivity contribution in [3.8, 4) is 0 Å². The van der Waals surface area contributed by atoms with Crippen LogP contribution in [0.2, 0.25) is 0 Å². The van der Waals surface area contributed by atoms with Crippen LogP contribution in [0.5, 0.6) is 0 Å². The molecular weight excluding hydrogens is 376 g/mol. The van der Waals surface area contributed by atoms with Gasteiger partial charge in [0.25, 0.3) is 5.91 Å². The molecule has 0 aromatic heterocycles. The Morgan fingerprint density at radius 2 is 1.73 bits per heavy atom. The summed E-state index contributed by atoms with van der Waals surface area (Å²) in [4.78, 5) is 27.6. The number of carbonyl (C=O) groups is 2. The molecule has 6 heteroatoms. The fourth-order valence-corrected chi connectivity index (χ4v) is 4.06. The first-order valence-electron chi connectivity index (χ1n) is 10.6. The molecule has 0 spiro atoms. The van der Waals surface area contributed by atoms with E-state index in [1.807, 2.05) is 30.3 Å². The van der Waals surface area contributed by atoms with Gasteiger partial charge in [-0.15, -0.1) is 0 Å². The first-order chi connectivity index (χ1) is 14.5. The van der Waals surface area contributed by atoms with Gasteiger partial charge in [-0.1, -0.05) is 49.6 Å². The van der Waals surface area contributed by atoms with Gasteiger partial charge in [0.2, 0.25) is 5.91 Å². The number of nitrogen functional groups attached to an aromatic ring is 1. The fraction of sp³-hybridized carbons (Fsp3) is 0.375. The zero-order chi connectivity index (χ0) is 21.5. The number of hydrogen-bond acceptors (Lipinski definition) is 3. The van der Waals surface area contributed by atoms with E-state index in [1.165, 1.54) is 24.2 Å². The van der Waals surface area contributed by atoms with E-state index in [-0.39, 0.29) is 30.2 Å². The molecule has 3 rings (SSSR count). The van der Waals surface area contributed by atoms with E-state index in [4.69, 9.17) is 11.1 Å². The Labute approximate surface area is 178 Å². The third-order valence-electron chi connectivity index (χ3n) is 5.78. The van der Waals surface area contributed by atoms with Crippen LogP contribution in [-0.4, -0.2) is 30.2 Å². The summed E-state index contributed by atoms with van der Waals surface area (Å²) in [6.45, 7) is 1.99. The van der Waals surface area contributed by atoms with Crippen LogP contribution in [0.1, 0.15) is 54.9 Å². The second-order valence-corrected chi connectivity index (χ2v) is 7.98. The normalized spacial score (nSPS) is 15.2. The molecule has 6 nitrogen and oxygen atoms in total. The Hall–Kier alpha value is -3.15. The first-order valence-corrected chi connectivity index (χ1v) is 10.6. The van der Waals surface area contributed by atoms with E-state index in [2.05, 4.69) is 12.2 Å². The molecule has 2 aromatic rings. The molecule has 0 radical (unpaired) electrons. The Morgan fingerprint density at radius 3 is 2.40 bits per heavy atom.